The second kappa shape index (κ2) is 7.03. The highest BCUT2D eigenvalue weighted by Crippen LogP contribution is 2.29. The fourth-order valence-corrected chi connectivity index (χ4v) is 3.27. The van der Waals surface area contributed by atoms with Crippen molar-refractivity contribution in [3.05, 3.63) is 0 Å². The van der Waals surface area contributed by atoms with E-state index >= 15 is 0 Å². The van der Waals surface area contributed by atoms with Crippen molar-refractivity contribution < 1.29 is 19.1 Å². The molecule has 0 bridgehead atoms. The van der Waals surface area contributed by atoms with E-state index in [0.29, 0.717) is 6.54 Å². The van der Waals surface area contributed by atoms with Gasteiger partial charge < -0.3 is 14.8 Å². The summed E-state index contributed by atoms with van der Waals surface area (Å²) in [7, 11) is 1.40. The van der Waals surface area contributed by atoms with E-state index in [1.165, 1.54) is 7.11 Å². The number of carbonyl (C=O) groups excluding carboxylic acids is 2. The maximum Gasteiger partial charge on any atom is 0.407 e. The van der Waals surface area contributed by atoms with Gasteiger partial charge in [-0.25, -0.2) is 4.79 Å². The Morgan fingerprint density at radius 1 is 1.37 bits per heavy atom. The Bertz CT molecular complexity index is 327. The third-order valence-electron chi connectivity index (χ3n) is 2.91. The first-order valence-electron chi connectivity index (χ1n) is 6.46. The van der Waals surface area contributed by atoms with Gasteiger partial charge in [0.2, 0.25) is 0 Å². The highest BCUT2D eigenvalue weighted by molar-refractivity contribution is 7.99. The monoisotopic (exact) mass is 289 g/mol. The maximum atomic E-state index is 11.7. The first-order valence-corrected chi connectivity index (χ1v) is 7.61. The molecule has 0 aliphatic carbocycles. The fraction of sp³-hybridized carbons (Fsp3) is 0.846. The molecule has 1 amide bonds. The van der Waals surface area contributed by atoms with E-state index in [0.717, 1.165) is 17.9 Å². The summed E-state index contributed by atoms with van der Waals surface area (Å²) >= 11 is 1.75. The zero-order chi connectivity index (χ0) is 14.5. The average Bonchev–Trinajstić information content (AvgIpc) is 2.33. The number of hydrogen-bond acceptors (Lipinski definition) is 5. The van der Waals surface area contributed by atoms with E-state index in [4.69, 9.17) is 9.47 Å². The van der Waals surface area contributed by atoms with Crippen LogP contribution in [-0.4, -0.2) is 42.8 Å². The standard InChI is InChI=1S/C13H23NO4S/c1-13(2,3)18-12(16)14-7-9-5-6-19-8-10(9)11(15)17-4/h9-10H,5-8H2,1-4H3,(H,14,16)/t9-,10+/m0/s1. The van der Waals surface area contributed by atoms with Gasteiger partial charge in [-0.05, 0) is 38.9 Å². The normalized spacial score (nSPS) is 23.6. The molecule has 1 aliphatic heterocycles. The summed E-state index contributed by atoms with van der Waals surface area (Å²) < 4.78 is 9.99. The predicted octanol–water partition coefficient (Wildman–Crippen LogP) is 2.05. The van der Waals surface area contributed by atoms with Crippen LogP contribution in [-0.2, 0) is 14.3 Å². The molecule has 0 spiro atoms. The second-order valence-corrected chi connectivity index (χ2v) is 6.79. The first kappa shape index (κ1) is 16.1. The van der Waals surface area contributed by atoms with Crippen molar-refractivity contribution in [2.45, 2.75) is 32.8 Å². The first-order chi connectivity index (χ1) is 8.83. The van der Waals surface area contributed by atoms with Gasteiger partial charge in [0.15, 0.2) is 0 Å². The Labute approximate surface area is 118 Å². The topological polar surface area (TPSA) is 64.6 Å². The van der Waals surface area contributed by atoms with Crippen LogP contribution >= 0.6 is 11.8 Å². The number of amides is 1. The average molecular weight is 289 g/mol. The molecular formula is C13H23NO4S. The number of alkyl carbamates (subject to hydrolysis) is 1. The summed E-state index contributed by atoms with van der Waals surface area (Å²) in [6.45, 7) is 5.92. The highest BCUT2D eigenvalue weighted by atomic mass is 32.2. The minimum absolute atomic E-state index is 0.126. The van der Waals surface area contributed by atoms with E-state index in [9.17, 15) is 9.59 Å². The van der Waals surface area contributed by atoms with Crippen LogP contribution in [0.3, 0.4) is 0 Å². The van der Waals surface area contributed by atoms with Crippen LogP contribution < -0.4 is 5.32 Å². The van der Waals surface area contributed by atoms with Crippen LogP contribution in [0.5, 0.6) is 0 Å². The zero-order valence-electron chi connectivity index (χ0n) is 12.0. The van der Waals surface area contributed by atoms with E-state index in [-0.39, 0.29) is 17.8 Å². The Morgan fingerprint density at radius 3 is 2.63 bits per heavy atom. The van der Waals surface area contributed by atoms with E-state index in [1.807, 2.05) is 20.8 Å². The van der Waals surface area contributed by atoms with Crippen molar-refractivity contribution in [1.82, 2.24) is 5.32 Å². The lowest BCUT2D eigenvalue weighted by Gasteiger charge is -2.29. The number of esters is 1. The van der Waals surface area contributed by atoms with Crippen LogP contribution in [0, 0.1) is 11.8 Å². The molecule has 0 aromatic heterocycles. The molecule has 1 heterocycles. The van der Waals surface area contributed by atoms with Crippen LogP contribution in [0.2, 0.25) is 0 Å². The largest absolute Gasteiger partial charge is 0.469 e. The highest BCUT2D eigenvalue weighted by Gasteiger charge is 2.32. The lowest BCUT2D eigenvalue weighted by molar-refractivity contribution is -0.146. The van der Waals surface area contributed by atoms with Gasteiger partial charge in [0.1, 0.15) is 5.60 Å². The zero-order valence-corrected chi connectivity index (χ0v) is 12.8. The molecule has 0 saturated carbocycles. The summed E-state index contributed by atoms with van der Waals surface area (Å²) in [6, 6.07) is 0. The van der Waals surface area contributed by atoms with Crippen molar-refractivity contribution >= 4 is 23.8 Å². The van der Waals surface area contributed by atoms with E-state index < -0.39 is 11.7 Å². The van der Waals surface area contributed by atoms with Gasteiger partial charge in [-0.2, -0.15) is 11.8 Å². The van der Waals surface area contributed by atoms with Crippen molar-refractivity contribution in [2.24, 2.45) is 11.8 Å². The number of methoxy groups -OCH3 is 1. The van der Waals surface area contributed by atoms with Crippen molar-refractivity contribution in [1.29, 1.82) is 0 Å². The number of thioether (sulfide) groups is 1. The van der Waals surface area contributed by atoms with E-state index in [2.05, 4.69) is 5.32 Å². The number of ether oxygens (including phenoxy) is 2. The quantitative estimate of drug-likeness (QED) is 0.806. The van der Waals surface area contributed by atoms with Crippen LogP contribution in [0.1, 0.15) is 27.2 Å². The molecule has 0 radical (unpaired) electrons. The summed E-state index contributed by atoms with van der Waals surface area (Å²) in [5.74, 6) is 1.56. The number of hydrogen-bond donors (Lipinski definition) is 1. The van der Waals surface area contributed by atoms with Gasteiger partial charge in [0.05, 0.1) is 13.0 Å². The molecule has 0 unspecified atom stereocenters. The molecule has 0 aromatic carbocycles. The van der Waals surface area contributed by atoms with Crippen molar-refractivity contribution in [3.8, 4) is 0 Å². The van der Waals surface area contributed by atoms with Crippen molar-refractivity contribution in [2.75, 3.05) is 25.2 Å². The summed E-state index contributed by atoms with van der Waals surface area (Å²) in [5.41, 5.74) is -0.506. The Hall–Kier alpha value is -0.910. The number of nitrogens with one attached hydrogen (secondary N) is 1. The van der Waals surface area contributed by atoms with Gasteiger partial charge in [-0.1, -0.05) is 0 Å². The summed E-state index contributed by atoms with van der Waals surface area (Å²) in [6.07, 6.45) is 0.467. The van der Waals surface area contributed by atoms with Gasteiger partial charge in [0.25, 0.3) is 0 Å². The van der Waals surface area contributed by atoms with Gasteiger partial charge in [-0.3, -0.25) is 4.79 Å². The molecule has 1 rings (SSSR count). The molecule has 5 nitrogen and oxygen atoms in total. The van der Waals surface area contributed by atoms with Crippen LogP contribution in [0.25, 0.3) is 0 Å². The number of carbonyl (C=O) groups is 2. The van der Waals surface area contributed by atoms with E-state index in [1.54, 1.807) is 11.8 Å². The molecule has 1 aliphatic rings. The molecule has 19 heavy (non-hydrogen) atoms. The Kier molecular flexibility index (Phi) is 5.97. The predicted molar refractivity (Wildman–Crippen MR) is 75.2 cm³/mol. The molecule has 110 valence electrons. The fourth-order valence-electron chi connectivity index (χ4n) is 1.97. The lowest BCUT2D eigenvalue weighted by atomic mass is 9.91. The van der Waals surface area contributed by atoms with Crippen LogP contribution in [0.4, 0.5) is 4.79 Å². The second-order valence-electron chi connectivity index (χ2n) is 5.64. The van der Waals surface area contributed by atoms with Gasteiger partial charge in [-0.15, -0.1) is 0 Å². The molecule has 6 heteroatoms. The third-order valence-corrected chi connectivity index (χ3v) is 4.03. The smallest absolute Gasteiger partial charge is 0.407 e. The molecule has 1 saturated heterocycles. The number of rotatable bonds is 3. The molecule has 2 atom stereocenters. The maximum absolute atomic E-state index is 11.7. The Morgan fingerprint density at radius 2 is 2.05 bits per heavy atom. The minimum Gasteiger partial charge on any atom is -0.469 e. The Balaban J connectivity index is 2.45. The third kappa shape index (κ3) is 5.72. The minimum atomic E-state index is -0.506. The molecular weight excluding hydrogens is 266 g/mol. The van der Waals surface area contributed by atoms with Crippen molar-refractivity contribution in [3.63, 3.8) is 0 Å². The lowest BCUT2D eigenvalue weighted by Crippen LogP contribution is -2.41. The SMILES string of the molecule is COC(=O)[C@@H]1CSCC[C@H]1CNC(=O)OC(C)(C)C. The molecule has 0 aromatic rings. The van der Waals surface area contributed by atoms with Gasteiger partial charge in [0, 0.05) is 12.3 Å². The summed E-state index contributed by atoms with van der Waals surface area (Å²) in [4.78, 5) is 23.3. The summed E-state index contributed by atoms with van der Waals surface area (Å²) in [5, 5.41) is 2.74. The molecule has 1 fully saturated rings. The van der Waals surface area contributed by atoms with Crippen LogP contribution in [0.15, 0.2) is 0 Å². The van der Waals surface area contributed by atoms with Gasteiger partial charge >= 0.3 is 12.1 Å². The molecule has 1 N–H and O–H groups in total.